The summed E-state index contributed by atoms with van der Waals surface area (Å²) >= 11 is 0. The van der Waals surface area contributed by atoms with E-state index in [1.165, 1.54) is 32.1 Å². The van der Waals surface area contributed by atoms with Crippen molar-refractivity contribution in [1.29, 1.82) is 0 Å². The zero-order valence-electron chi connectivity index (χ0n) is 10.7. The average molecular weight is 233 g/mol. The fraction of sp³-hybridized carbons (Fsp3) is 0.733. The van der Waals surface area contributed by atoms with Gasteiger partial charge in [0, 0.05) is 0 Å². The maximum atomic E-state index is 5.67. The molecule has 2 nitrogen and oxygen atoms in total. The Balaban J connectivity index is 1.75. The normalized spacial score (nSPS) is 22.0. The lowest BCUT2D eigenvalue weighted by Crippen LogP contribution is -2.31. The fourth-order valence-electron chi connectivity index (χ4n) is 3.09. The second kappa shape index (κ2) is 4.85. The highest BCUT2D eigenvalue weighted by atomic mass is 16.3. The van der Waals surface area contributed by atoms with Gasteiger partial charge in [-0.3, -0.25) is 0 Å². The molecule has 1 aromatic rings. The highest BCUT2D eigenvalue weighted by Crippen LogP contribution is 2.54. The third kappa shape index (κ3) is 2.57. The van der Waals surface area contributed by atoms with Crippen LogP contribution >= 0.6 is 0 Å². The quantitative estimate of drug-likeness (QED) is 0.775. The molecule has 0 spiro atoms. The molecule has 1 N–H and O–H groups in total. The van der Waals surface area contributed by atoms with Crippen molar-refractivity contribution in [1.82, 2.24) is 5.32 Å². The van der Waals surface area contributed by atoms with Gasteiger partial charge in [0.05, 0.1) is 12.3 Å². The van der Waals surface area contributed by atoms with Crippen molar-refractivity contribution >= 4 is 0 Å². The first-order valence-electron chi connectivity index (χ1n) is 7.17. The van der Waals surface area contributed by atoms with Gasteiger partial charge in [0.25, 0.3) is 0 Å². The highest BCUT2D eigenvalue weighted by molar-refractivity contribution is 5.10. The molecule has 0 aromatic carbocycles. The predicted octanol–water partition coefficient (Wildman–Crippen LogP) is 3.76. The van der Waals surface area contributed by atoms with Crippen LogP contribution in [0, 0.1) is 17.8 Å². The van der Waals surface area contributed by atoms with Crippen LogP contribution in [0.5, 0.6) is 0 Å². The summed E-state index contributed by atoms with van der Waals surface area (Å²) in [6.07, 6.45) is 8.75. The van der Waals surface area contributed by atoms with Gasteiger partial charge in [-0.25, -0.2) is 0 Å². The summed E-state index contributed by atoms with van der Waals surface area (Å²) in [7, 11) is 0. The van der Waals surface area contributed by atoms with E-state index in [1.807, 2.05) is 12.3 Å². The van der Waals surface area contributed by atoms with Gasteiger partial charge < -0.3 is 9.73 Å². The average Bonchev–Trinajstić information content (AvgIpc) is 3.27. The van der Waals surface area contributed by atoms with E-state index in [9.17, 15) is 0 Å². The van der Waals surface area contributed by atoms with Crippen molar-refractivity contribution < 1.29 is 4.42 Å². The molecule has 3 rings (SSSR count). The van der Waals surface area contributed by atoms with Gasteiger partial charge in [0.15, 0.2) is 0 Å². The van der Waals surface area contributed by atoms with Crippen molar-refractivity contribution in [2.75, 3.05) is 6.54 Å². The molecule has 1 unspecified atom stereocenters. The number of nitrogens with one attached hydrogen (secondary N) is 1. The molecule has 94 valence electrons. The van der Waals surface area contributed by atoms with Gasteiger partial charge in [-0.2, -0.15) is 0 Å². The lowest BCUT2D eigenvalue weighted by molar-refractivity contribution is 0.253. The van der Waals surface area contributed by atoms with Crippen molar-refractivity contribution in [3.05, 3.63) is 24.2 Å². The zero-order valence-corrected chi connectivity index (χ0v) is 10.7. The first-order chi connectivity index (χ1) is 8.40. The number of hydrogen-bond acceptors (Lipinski definition) is 2. The van der Waals surface area contributed by atoms with Gasteiger partial charge in [0.1, 0.15) is 5.76 Å². The third-order valence-corrected chi connectivity index (χ3v) is 4.18. The molecule has 0 bridgehead atoms. The predicted molar refractivity (Wildman–Crippen MR) is 68.7 cm³/mol. The Kier molecular flexibility index (Phi) is 3.24. The summed E-state index contributed by atoms with van der Waals surface area (Å²) < 4.78 is 5.67. The lowest BCUT2D eigenvalue weighted by atomic mass is 9.88. The van der Waals surface area contributed by atoms with Gasteiger partial charge in [-0.05, 0) is 68.5 Å². The Labute approximate surface area is 104 Å². The summed E-state index contributed by atoms with van der Waals surface area (Å²) in [5, 5.41) is 3.72. The largest absolute Gasteiger partial charge is 0.468 e. The second-order valence-corrected chi connectivity index (χ2v) is 5.70. The fourth-order valence-corrected chi connectivity index (χ4v) is 3.09. The maximum Gasteiger partial charge on any atom is 0.120 e. The van der Waals surface area contributed by atoms with Crippen molar-refractivity contribution in [2.45, 2.75) is 45.1 Å². The van der Waals surface area contributed by atoms with Crippen molar-refractivity contribution in [3.63, 3.8) is 0 Å². The Bertz CT molecular complexity index is 326. The summed E-state index contributed by atoms with van der Waals surface area (Å²) in [4.78, 5) is 0. The molecule has 2 aliphatic carbocycles. The van der Waals surface area contributed by atoms with E-state index >= 15 is 0 Å². The molecule has 2 heteroatoms. The second-order valence-electron chi connectivity index (χ2n) is 5.70. The Morgan fingerprint density at radius 2 is 2.00 bits per heavy atom. The Hall–Kier alpha value is -0.760. The Morgan fingerprint density at radius 1 is 1.29 bits per heavy atom. The van der Waals surface area contributed by atoms with Crippen LogP contribution in [0.15, 0.2) is 22.8 Å². The monoisotopic (exact) mass is 233 g/mol. The molecular formula is C15H23NO. The van der Waals surface area contributed by atoms with E-state index in [2.05, 4.69) is 18.3 Å². The van der Waals surface area contributed by atoms with Gasteiger partial charge in [-0.1, -0.05) is 6.92 Å². The topological polar surface area (TPSA) is 25.2 Å². The molecule has 2 aliphatic rings. The lowest BCUT2D eigenvalue weighted by Gasteiger charge is -2.26. The van der Waals surface area contributed by atoms with Crippen molar-refractivity contribution in [3.8, 4) is 0 Å². The van der Waals surface area contributed by atoms with Crippen LogP contribution in [0.25, 0.3) is 0 Å². The van der Waals surface area contributed by atoms with Crippen LogP contribution in [0.4, 0.5) is 0 Å². The molecular weight excluding hydrogens is 210 g/mol. The maximum absolute atomic E-state index is 5.67. The van der Waals surface area contributed by atoms with Gasteiger partial charge in [0.2, 0.25) is 0 Å². The summed E-state index contributed by atoms with van der Waals surface area (Å²) in [6.45, 7) is 3.33. The molecule has 0 amide bonds. The number of rotatable bonds is 7. The minimum absolute atomic E-state index is 0.463. The number of hydrogen-bond donors (Lipinski definition) is 1. The van der Waals surface area contributed by atoms with E-state index in [0.29, 0.717) is 6.04 Å². The SMILES string of the molecule is CCCNC(c1ccco1)C(C1CC1)C1CC1. The molecule has 0 saturated heterocycles. The molecule has 1 atom stereocenters. The summed E-state index contributed by atoms with van der Waals surface area (Å²) in [6, 6.07) is 4.63. The molecule has 0 radical (unpaired) electrons. The van der Waals surface area contributed by atoms with Gasteiger partial charge in [-0.15, -0.1) is 0 Å². The van der Waals surface area contributed by atoms with E-state index in [0.717, 1.165) is 30.1 Å². The van der Waals surface area contributed by atoms with Crippen LogP contribution in [-0.4, -0.2) is 6.54 Å². The van der Waals surface area contributed by atoms with E-state index < -0.39 is 0 Å². The van der Waals surface area contributed by atoms with Crippen molar-refractivity contribution in [2.24, 2.45) is 17.8 Å². The molecule has 2 saturated carbocycles. The molecule has 17 heavy (non-hydrogen) atoms. The zero-order chi connectivity index (χ0) is 11.7. The number of furan rings is 1. The molecule has 0 aliphatic heterocycles. The first-order valence-corrected chi connectivity index (χ1v) is 7.17. The minimum atomic E-state index is 0.463. The smallest absolute Gasteiger partial charge is 0.120 e. The standard InChI is InChI=1S/C15H23NO/c1-2-9-16-15(13-4-3-10-17-13)14(11-5-6-11)12-7-8-12/h3-4,10-12,14-16H,2,5-9H2,1H3. The Morgan fingerprint density at radius 3 is 2.47 bits per heavy atom. The summed E-state index contributed by atoms with van der Waals surface area (Å²) in [5.41, 5.74) is 0. The summed E-state index contributed by atoms with van der Waals surface area (Å²) in [5.74, 6) is 3.90. The highest BCUT2D eigenvalue weighted by Gasteiger charge is 2.46. The first kappa shape index (κ1) is 11.3. The van der Waals surface area contributed by atoms with Crippen LogP contribution in [-0.2, 0) is 0 Å². The van der Waals surface area contributed by atoms with E-state index in [4.69, 9.17) is 4.42 Å². The van der Waals surface area contributed by atoms with Crippen LogP contribution in [0.1, 0.15) is 50.8 Å². The third-order valence-electron chi connectivity index (χ3n) is 4.18. The van der Waals surface area contributed by atoms with Crippen LogP contribution < -0.4 is 5.32 Å². The van der Waals surface area contributed by atoms with E-state index in [1.54, 1.807) is 0 Å². The minimum Gasteiger partial charge on any atom is -0.468 e. The molecule has 1 heterocycles. The van der Waals surface area contributed by atoms with Crippen LogP contribution in [0.2, 0.25) is 0 Å². The van der Waals surface area contributed by atoms with Crippen LogP contribution in [0.3, 0.4) is 0 Å². The molecule has 1 aromatic heterocycles. The molecule has 2 fully saturated rings. The van der Waals surface area contributed by atoms with E-state index in [-0.39, 0.29) is 0 Å². The van der Waals surface area contributed by atoms with Gasteiger partial charge >= 0.3 is 0 Å².